The minimum Gasteiger partial charge on any atom is -0.391 e. The summed E-state index contributed by atoms with van der Waals surface area (Å²) in [6.07, 6.45) is 9.76. The molecule has 0 bridgehead atoms. The zero-order chi connectivity index (χ0) is 10.1. The van der Waals surface area contributed by atoms with E-state index in [-0.39, 0.29) is 6.15 Å². The molecule has 0 fully saturated rings. The van der Waals surface area contributed by atoms with E-state index in [1.54, 1.807) is 0 Å². The van der Waals surface area contributed by atoms with Crippen molar-refractivity contribution in [2.75, 3.05) is 7.05 Å². The minimum absolute atomic E-state index is 0.250. The van der Waals surface area contributed by atoms with Gasteiger partial charge in [-0.3, -0.25) is 0 Å². The molecule has 0 unspecified atom stereocenters. The summed E-state index contributed by atoms with van der Waals surface area (Å²) in [5.74, 6) is 0. The van der Waals surface area contributed by atoms with Gasteiger partial charge in [-0.1, -0.05) is 24.3 Å². The topological polar surface area (TPSA) is 46.2 Å². The number of nitrogens with one attached hydrogen (secondary N) is 1. The Morgan fingerprint density at radius 3 is 2.46 bits per heavy atom. The van der Waals surface area contributed by atoms with Crippen molar-refractivity contribution in [3.63, 3.8) is 0 Å². The zero-order valence-corrected chi connectivity index (χ0v) is 7.83. The molecule has 3 heteroatoms. The van der Waals surface area contributed by atoms with Crippen molar-refractivity contribution in [3.8, 4) is 0 Å². The van der Waals surface area contributed by atoms with E-state index in [1.165, 1.54) is 11.3 Å². The Morgan fingerprint density at radius 1 is 1.46 bits per heavy atom. The largest absolute Gasteiger partial charge is 0.391 e. The fraction of sp³-hybridized carbons (Fsp3) is 0.300. The second-order valence-corrected chi connectivity index (χ2v) is 2.47. The molecule has 0 atom stereocenters. The van der Waals surface area contributed by atoms with Gasteiger partial charge in [0.15, 0.2) is 0 Å². The van der Waals surface area contributed by atoms with Crippen molar-refractivity contribution in [1.29, 1.82) is 0 Å². The van der Waals surface area contributed by atoms with Gasteiger partial charge in [0.2, 0.25) is 0 Å². The third-order valence-electron chi connectivity index (χ3n) is 1.74. The van der Waals surface area contributed by atoms with Crippen LogP contribution in [0.3, 0.4) is 0 Å². The van der Waals surface area contributed by atoms with Crippen LogP contribution in [0, 0.1) is 0 Å². The van der Waals surface area contributed by atoms with E-state index in [1.807, 2.05) is 7.05 Å². The van der Waals surface area contributed by atoms with Crippen LogP contribution in [0.5, 0.6) is 0 Å². The van der Waals surface area contributed by atoms with Gasteiger partial charge in [0, 0.05) is 12.7 Å². The molecular formula is C10H13NO2. The van der Waals surface area contributed by atoms with Crippen LogP contribution in [0.15, 0.2) is 35.6 Å². The molecule has 70 valence electrons. The first-order valence-corrected chi connectivity index (χ1v) is 3.96. The van der Waals surface area contributed by atoms with Crippen LogP contribution >= 0.6 is 0 Å². The van der Waals surface area contributed by atoms with Crippen LogP contribution in [0.1, 0.15) is 13.3 Å². The summed E-state index contributed by atoms with van der Waals surface area (Å²) >= 11 is 0. The van der Waals surface area contributed by atoms with Crippen molar-refractivity contribution in [2.45, 2.75) is 13.3 Å². The summed E-state index contributed by atoms with van der Waals surface area (Å²) in [5.41, 5.74) is 2.64. The van der Waals surface area contributed by atoms with Crippen LogP contribution in [-0.2, 0) is 9.59 Å². The molecule has 0 heterocycles. The van der Waals surface area contributed by atoms with E-state index >= 15 is 0 Å². The summed E-state index contributed by atoms with van der Waals surface area (Å²) in [6.45, 7) is 2.10. The van der Waals surface area contributed by atoms with E-state index in [0.717, 1.165) is 6.42 Å². The van der Waals surface area contributed by atoms with Crippen molar-refractivity contribution in [1.82, 2.24) is 5.32 Å². The monoisotopic (exact) mass is 179 g/mol. The molecule has 0 aromatic carbocycles. The summed E-state index contributed by atoms with van der Waals surface area (Å²) in [7, 11) is 1.95. The van der Waals surface area contributed by atoms with Gasteiger partial charge in [-0.2, -0.15) is 9.59 Å². The maximum atomic E-state index is 8.12. The fourth-order valence-corrected chi connectivity index (χ4v) is 0.952. The van der Waals surface area contributed by atoms with Crippen LogP contribution in [0.4, 0.5) is 0 Å². The smallest absolute Gasteiger partial charge is 0.373 e. The van der Waals surface area contributed by atoms with Crippen LogP contribution in [0.2, 0.25) is 0 Å². The first kappa shape index (κ1) is 11.4. The van der Waals surface area contributed by atoms with Crippen molar-refractivity contribution in [2.24, 2.45) is 0 Å². The molecule has 1 aliphatic rings. The Hall–Kier alpha value is -1.60. The van der Waals surface area contributed by atoms with Gasteiger partial charge in [0.25, 0.3) is 0 Å². The normalized spacial score (nSPS) is 16.8. The van der Waals surface area contributed by atoms with E-state index in [0.29, 0.717) is 0 Å². The van der Waals surface area contributed by atoms with Gasteiger partial charge >= 0.3 is 6.15 Å². The van der Waals surface area contributed by atoms with Crippen LogP contribution < -0.4 is 5.32 Å². The molecule has 13 heavy (non-hydrogen) atoms. The molecule has 1 aliphatic carbocycles. The number of carbonyl (C=O) groups excluding carboxylic acids is 2. The van der Waals surface area contributed by atoms with E-state index in [2.05, 4.69) is 36.5 Å². The average molecular weight is 179 g/mol. The molecular weight excluding hydrogens is 166 g/mol. The number of rotatable bonds is 1. The second kappa shape index (κ2) is 7.07. The van der Waals surface area contributed by atoms with Gasteiger partial charge in [-0.25, -0.2) is 0 Å². The Morgan fingerprint density at radius 2 is 2.08 bits per heavy atom. The van der Waals surface area contributed by atoms with E-state index < -0.39 is 0 Å². The van der Waals surface area contributed by atoms with Gasteiger partial charge in [-0.15, -0.1) is 0 Å². The molecule has 1 N–H and O–H groups in total. The molecule has 1 rings (SSSR count). The van der Waals surface area contributed by atoms with E-state index in [4.69, 9.17) is 9.59 Å². The molecule has 0 spiro atoms. The number of allylic oxidation sites excluding steroid dienone is 6. The standard InChI is InChI=1S/C9H13N.CO2/c1-8(10-2)9-6-4-3-5-7-9;2-1-3/h3-6,10H,7H2,1-2H3;. The second-order valence-electron chi connectivity index (χ2n) is 2.47. The van der Waals surface area contributed by atoms with Gasteiger partial charge in [0.1, 0.15) is 0 Å². The average Bonchev–Trinajstić information content (AvgIpc) is 2.19. The molecule has 0 aromatic rings. The van der Waals surface area contributed by atoms with Crippen molar-refractivity contribution in [3.05, 3.63) is 35.6 Å². The SMILES string of the molecule is CNC(C)=C1C=CC=CC1.O=C=O. The molecule has 3 nitrogen and oxygen atoms in total. The summed E-state index contributed by atoms with van der Waals surface area (Å²) in [5, 5.41) is 3.13. The molecule has 0 aliphatic heterocycles. The Bertz CT molecular complexity index is 269. The van der Waals surface area contributed by atoms with Crippen molar-refractivity contribution < 1.29 is 9.59 Å². The van der Waals surface area contributed by atoms with Crippen LogP contribution in [-0.4, -0.2) is 13.2 Å². The summed E-state index contributed by atoms with van der Waals surface area (Å²) < 4.78 is 0. The Labute approximate surface area is 77.8 Å². The number of hydrogen-bond acceptors (Lipinski definition) is 3. The fourth-order valence-electron chi connectivity index (χ4n) is 0.952. The first-order valence-electron chi connectivity index (χ1n) is 3.96. The highest BCUT2D eigenvalue weighted by atomic mass is 16.2. The number of hydrogen-bond donors (Lipinski definition) is 1. The van der Waals surface area contributed by atoms with Gasteiger partial charge < -0.3 is 5.32 Å². The zero-order valence-electron chi connectivity index (χ0n) is 7.83. The Kier molecular flexibility index (Phi) is 6.20. The highest BCUT2D eigenvalue weighted by Gasteiger charge is 1.96. The predicted octanol–water partition coefficient (Wildman–Crippen LogP) is 1.41. The lowest BCUT2D eigenvalue weighted by atomic mass is 10.1. The minimum atomic E-state index is 0.250. The predicted molar refractivity (Wildman–Crippen MR) is 49.7 cm³/mol. The third kappa shape index (κ3) is 4.77. The lowest BCUT2D eigenvalue weighted by molar-refractivity contribution is -0.191. The van der Waals surface area contributed by atoms with Crippen LogP contribution in [0.25, 0.3) is 0 Å². The summed E-state index contributed by atoms with van der Waals surface area (Å²) in [4.78, 5) is 16.2. The third-order valence-corrected chi connectivity index (χ3v) is 1.74. The maximum absolute atomic E-state index is 8.12. The first-order chi connectivity index (χ1) is 6.26. The highest BCUT2D eigenvalue weighted by molar-refractivity contribution is 5.32. The van der Waals surface area contributed by atoms with E-state index in [9.17, 15) is 0 Å². The quantitative estimate of drug-likeness (QED) is 0.662. The molecule has 0 radical (unpaired) electrons. The summed E-state index contributed by atoms with van der Waals surface area (Å²) in [6, 6.07) is 0. The van der Waals surface area contributed by atoms with Gasteiger partial charge in [0.05, 0.1) is 0 Å². The highest BCUT2D eigenvalue weighted by Crippen LogP contribution is 2.12. The van der Waals surface area contributed by atoms with Crippen molar-refractivity contribution >= 4 is 6.15 Å². The van der Waals surface area contributed by atoms with Gasteiger partial charge in [-0.05, 0) is 18.9 Å². The Balaban J connectivity index is 0.000000424. The lowest BCUT2D eigenvalue weighted by Gasteiger charge is -2.07. The molecule has 0 amide bonds. The molecule has 0 saturated heterocycles. The maximum Gasteiger partial charge on any atom is 0.373 e. The molecule has 0 saturated carbocycles. The lowest BCUT2D eigenvalue weighted by Crippen LogP contribution is -2.04. The molecule has 0 aromatic heterocycles.